The van der Waals surface area contributed by atoms with Crippen LogP contribution in [0.2, 0.25) is 5.02 Å². The van der Waals surface area contributed by atoms with Crippen molar-refractivity contribution in [1.82, 2.24) is 4.98 Å². The molecular weight excluding hydrogens is 320 g/mol. The number of nitrogens with zero attached hydrogens (tertiary/aromatic N) is 1. The summed E-state index contributed by atoms with van der Waals surface area (Å²) >= 11 is 5.87. The van der Waals surface area contributed by atoms with Gasteiger partial charge in [0.05, 0.1) is 10.4 Å². The zero-order valence-electron chi connectivity index (χ0n) is 14.3. The minimum absolute atomic E-state index is 0.0310. The van der Waals surface area contributed by atoms with E-state index in [-0.39, 0.29) is 5.91 Å². The molecule has 126 valence electrons. The average Bonchev–Trinajstić information content (AvgIpc) is 2.53. The predicted octanol–water partition coefficient (Wildman–Crippen LogP) is 5.16. The predicted molar refractivity (Wildman–Crippen MR) is 98.5 cm³/mol. The molecule has 0 saturated heterocycles. The highest BCUT2D eigenvalue weighted by Crippen LogP contribution is 2.50. The molecule has 1 aliphatic rings. The Hall–Kier alpha value is -1.87. The van der Waals surface area contributed by atoms with E-state index in [1.807, 2.05) is 12.1 Å². The molecule has 2 aromatic rings. The summed E-state index contributed by atoms with van der Waals surface area (Å²) in [6, 6.07) is 11.8. The van der Waals surface area contributed by atoms with Crippen molar-refractivity contribution in [1.29, 1.82) is 0 Å². The third-order valence-electron chi connectivity index (χ3n) is 4.90. The van der Waals surface area contributed by atoms with Crippen molar-refractivity contribution in [3.63, 3.8) is 0 Å². The van der Waals surface area contributed by atoms with Gasteiger partial charge in [0.15, 0.2) is 0 Å². The number of pyridine rings is 1. The lowest BCUT2D eigenvalue weighted by molar-refractivity contribution is -0.126. The van der Waals surface area contributed by atoms with E-state index in [1.165, 1.54) is 5.56 Å². The highest BCUT2D eigenvalue weighted by molar-refractivity contribution is 6.30. The Bertz CT molecular complexity index is 734. The molecule has 1 aliphatic carbocycles. The van der Waals surface area contributed by atoms with Gasteiger partial charge in [-0.05, 0) is 47.9 Å². The first-order valence-electron chi connectivity index (χ1n) is 8.45. The van der Waals surface area contributed by atoms with Crippen LogP contribution >= 0.6 is 11.6 Å². The molecule has 0 spiro atoms. The Balaban J connectivity index is 1.94. The average molecular weight is 343 g/mol. The lowest BCUT2D eigenvalue weighted by Crippen LogP contribution is -2.50. The topological polar surface area (TPSA) is 42.0 Å². The number of carbonyl (C=O) groups excluding carboxylic acids is 1. The first-order chi connectivity index (χ1) is 11.4. The molecule has 0 radical (unpaired) electrons. The Labute approximate surface area is 148 Å². The second kappa shape index (κ2) is 6.56. The molecule has 1 fully saturated rings. The van der Waals surface area contributed by atoms with Crippen LogP contribution in [0, 0.1) is 5.92 Å². The number of hydrogen-bond donors (Lipinski definition) is 1. The van der Waals surface area contributed by atoms with E-state index in [1.54, 1.807) is 18.3 Å². The summed E-state index contributed by atoms with van der Waals surface area (Å²) in [4.78, 5) is 17.3. The number of benzene rings is 1. The van der Waals surface area contributed by atoms with Crippen LogP contribution in [0.4, 0.5) is 5.82 Å². The summed E-state index contributed by atoms with van der Waals surface area (Å²) in [6.45, 7) is 6.55. The van der Waals surface area contributed by atoms with Crippen molar-refractivity contribution in [2.45, 2.75) is 44.9 Å². The van der Waals surface area contributed by atoms with E-state index in [2.05, 4.69) is 43.2 Å². The number of halogens is 1. The molecule has 3 rings (SSSR count). The van der Waals surface area contributed by atoms with Crippen LogP contribution in [0.1, 0.15) is 50.7 Å². The molecule has 24 heavy (non-hydrogen) atoms. The van der Waals surface area contributed by atoms with Gasteiger partial charge < -0.3 is 5.32 Å². The maximum Gasteiger partial charge on any atom is 0.236 e. The largest absolute Gasteiger partial charge is 0.310 e. The van der Waals surface area contributed by atoms with Crippen LogP contribution < -0.4 is 5.32 Å². The zero-order chi connectivity index (χ0) is 17.3. The fourth-order valence-corrected chi connectivity index (χ4v) is 3.89. The lowest BCUT2D eigenvalue weighted by Gasteiger charge is -2.46. The highest BCUT2D eigenvalue weighted by Gasteiger charge is 2.50. The van der Waals surface area contributed by atoms with Crippen molar-refractivity contribution in [3.8, 4) is 0 Å². The van der Waals surface area contributed by atoms with Crippen LogP contribution in [-0.2, 0) is 10.2 Å². The van der Waals surface area contributed by atoms with Crippen molar-refractivity contribution in [2.24, 2.45) is 5.92 Å². The molecule has 4 heteroatoms. The fraction of sp³-hybridized carbons (Fsp3) is 0.400. The SMILES string of the molecule is CC1CC(C(=O)Nc2ccc(Cl)cn2)(c2ccccc2C(C)C)C1. The first kappa shape index (κ1) is 17.0. The van der Waals surface area contributed by atoms with Gasteiger partial charge in [-0.25, -0.2) is 4.98 Å². The standard InChI is InChI=1S/C20H23ClN2O/c1-13(2)16-6-4-5-7-17(16)20(10-14(3)11-20)19(24)23-18-9-8-15(21)12-22-18/h4-9,12-14H,10-11H2,1-3H3,(H,22,23,24). The summed E-state index contributed by atoms with van der Waals surface area (Å²) in [5, 5.41) is 3.55. The normalized spacial score (nSPS) is 23.0. The second-order valence-corrected chi connectivity index (χ2v) is 7.59. The van der Waals surface area contributed by atoms with E-state index in [4.69, 9.17) is 11.6 Å². The first-order valence-corrected chi connectivity index (χ1v) is 8.82. The summed E-state index contributed by atoms with van der Waals surface area (Å²) in [7, 11) is 0. The van der Waals surface area contributed by atoms with Gasteiger partial charge >= 0.3 is 0 Å². The van der Waals surface area contributed by atoms with Gasteiger partial charge in [0.2, 0.25) is 5.91 Å². The summed E-state index contributed by atoms with van der Waals surface area (Å²) in [5.41, 5.74) is 1.95. The third-order valence-corrected chi connectivity index (χ3v) is 5.12. The second-order valence-electron chi connectivity index (χ2n) is 7.15. The van der Waals surface area contributed by atoms with Crippen molar-refractivity contribution < 1.29 is 4.79 Å². The Morgan fingerprint density at radius 3 is 2.54 bits per heavy atom. The number of carbonyl (C=O) groups is 1. The van der Waals surface area contributed by atoms with Crippen molar-refractivity contribution in [3.05, 3.63) is 58.7 Å². The number of hydrogen-bond acceptors (Lipinski definition) is 2. The molecule has 1 aromatic heterocycles. The fourth-order valence-electron chi connectivity index (χ4n) is 3.78. The molecule has 3 nitrogen and oxygen atoms in total. The number of amides is 1. The van der Waals surface area contributed by atoms with Crippen molar-refractivity contribution >= 4 is 23.3 Å². The van der Waals surface area contributed by atoms with Gasteiger partial charge in [0, 0.05) is 6.20 Å². The van der Waals surface area contributed by atoms with E-state index >= 15 is 0 Å². The van der Waals surface area contributed by atoms with Gasteiger partial charge in [0.1, 0.15) is 5.82 Å². The lowest BCUT2D eigenvalue weighted by atomic mass is 9.57. The Morgan fingerprint density at radius 1 is 1.25 bits per heavy atom. The maximum atomic E-state index is 13.1. The number of aromatic nitrogens is 1. The van der Waals surface area contributed by atoms with Crippen LogP contribution in [0.5, 0.6) is 0 Å². The molecule has 1 aromatic carbocycles. The number of nitrogens with one attached hydrogen (secondary N) is 1. The Morgan fingerprint density at radius 2 is 1.96 bits per heavy atom. The van der Waals surface area contributed by atoms with Crippen LogP contribution in [0.25, 0.3) is 0 Å². The molecule has 0 bridgehead atoms. The summed E-state index contributed by atoms with van der Waals surface area (Å²) in [6.07, 6.45) is 3.29. The highest BCUT2D eigenvalue weighted by atomic mass is 35.5. The van der Waals surface area contributed by atoms with Crippen molar-refractivity contribution in [2.75, 3.05) is 5.32 Å². The number of rotatable bonds is 4. The molecule has 1 heterocycles. The van der Waals surface area contributed by atoms with Crippen LogP contribution in [0.15, 0.2) is 42.6 Å². The zero-order valence-corrected chi connectivity index (χ0v) is 15.1. The molecule has 1 saturated carbocycles. The molecule has 0 atom stereocenters. The Kier molecular flexibility index (Phi) is 4.64. The minimum atomic E-state index is -0.457. The number of anilines is 1. The quantitative estimate of drug-likeness (QED) is 0.833. The minimum Gasteiger partial charge on any atom is -0.310 e. The molecule has 0 aliphatic heterocycles. The maximum absolute atomic E-state index is 13.1. The van der Waals surface area contributed by atoms with E-state index in [9.17, 15) is 4.79 Å². The molecule has 0 unspecified atom stereocenters. The van der Waals surface area contributed by atoms with Gasteiger partial charge in [-0.3, -0.25) is 4.79 Å². The third kappa shape index (κ3) is 3.05. The van der Waals surface area contributed by atoms with Gasteiger partial charge in [-0.15, -0.1) is 0 Å². The van der Waals surface area contributed by atoms with E-state index in [0.717, 1.165) is 18.4 Å². The molecular formula is C20H23ClN2O. The summed E-state index contributed by atoms with van der Waals surface area (Å²) < 4.78 is 0. The molecule has 1 N–H and O–H groups in total. The van der Waals surface area contributed by atoms with Gasteiger partial charge in [0.25, 0.3) is 0 Å². The monoisotopic (exact) mass is 342 g/mol. The van der Waals surface area contributed by atoms with Gasteiger partial charge in [-0.1, -0.05) is 56.6 Å². The smallest absolute Gasteiger partial charge is 0.236 e. The van der Waals surface area contributed by atoms with E-state index < -0.39 is 5.41 Å². The molecule has 1 amide bonds. The van der Waals surface area contributed by atoms with E-state index in [0.29, 0.717) is 22.7 Å². The van der Waals surface area contributed by atoms with Crippen LogP contribution in [0.3, 0.4) is 0 Å². The summed E-state index contributed by atoms with van der Waals surface area (Å²) in [5.74, 6) is 1.51. The van der Waals surface area contributed by atoms with Crippen LogP contribution in [-0.4, -0.2) is 10.9 Å². The van der Waals surface area contributed by atoms with Gasteiger partial charge in [-0.2, -0.15) is 0 Å².